The van der Waals surface area contributed by atoms with Gasteiger partial charge in [-0.2, -0.15) is 0 Å². The second-order valence-electron chi connectivity index (χ2n) is 9.68. The number of amides is 1. The molecule has 0 radical (unpaired) electrons. The molecule has 0 aromatic heterocycles. The van der Waals surface area contributed by atoms with Gasteiger partial charge in [0.1, 0.15) is 5.82 Å². The van der Waals surface area contributed by atoms with Crippen molar-refractivity contribution in [3.05, 3.63) is 71.0 Å². The normalized spacial score (nSPS) is 22.6. The first-order valence-electron chi connectivity index (χ1n) is 12.1. The molecule has 1 N–H and O–H groups in total. The van der Waals surface area contributed by atoms with Crippen LogP contribution >= 0.6 is 0 Å². The number of hydrogen-bond acceptors (Lipinski definition) is 3. The van der Waals surface area contributed by atoms with E-state index in [-0.39, 0.29) is 17.6 Å². The fourth-order valence-corrected chi connectivity index (χ4v) is 5.07. The summed E-state index contributed by atoms with van der Waals surface area (Å²) in [5, 5.41) is 3.12. The average Bonchev–Trinajstić information content (AvgIpc) is 2.80. The Morgan fingerprint density at radius 1 is 0.938 bits per heavy atom. The number of nitrogens with one attached hydrogen (secondary N) is 1. The minimum absolute atomic E-state index is 0.0316. The third-order valence-electron chi connectivity index (χ3n) is 6.87. The van der Waals surface area contributed by atoms with Crippen LogP contribution in [0.4, 0.5) is 4.39 Å². The molecule has 2 aliphatic heterocycles. The molecule has 1 amide bonds. The SMILES string of the molecule is CC1CCCN(Cc2ccc(CNC(=O)C3CCCN(Cc4ccccc4F)C3)cc2)C1. The van der Waals surface area contributed by atoms with Crippen molar-refractivity contribution < 1.29 is 9.18 Å². The van der Waals surface area contributed by atoms with Crippen molar-refractivity contribution in [1.82, 2.24) is 15.1 Å². The van der Waals surface area contributed by atoms with Gasteiger partial charge >= 0.3 is 0 Å². The molecule has 2 unspecified atom stereocenters. The Hall–Kier alpha value is -2.24. The van der Waals surface area contributed by atoms with Crippen LogP contribution in [0.3, 0.4) is 0 Å². The maximum absolute atomic E-state index is 14.0. The molecule has 2 saturated heterocycles. The van der Waals surface area contributed by atoms with E-state index in [0.29, 0.717) is 25.2 Å². The quantitative estimate of drug-likeness (QED) is 0.688. The first-order valence-corrected chi connectivity index (χ1v) is 12.1. The van der Waals surface area contributed by atoms with Gasteiger partial charge in [0.15, 0.2) is 0 Å². The number of likely N-dealkylation sites (tertiary alicyclic amines) is 2. The van der Waals surface area contributed by atoms with Crippen LogP contribution in [0.15, 0.2) is 48.5 Å². The summed E-state index contributed by atoms with van der Waals surface area (Å²) in [5.41, 5.74) is 3.17. The van der Waals surface area contributed by atoms with Crippen LogP contribution in [0.2, 0.25) is 0 Å². The first kappa shape index (κ1) is 22.9. The standard InChI is InChI=1S/C27H36FN3O/c1-21-6-4-14-30(17-21)18-23-12-10-22(11-13-23)16-29-27(32)25-8-5-15-31(20-25)19-24-7-2-3-9-26(24)28/h2-3,7,9-13,21,25H,4-6,8,14-20H2,1H3,(H,29,32). The second kappa shape index (κ2) is 11.1. The Labute approximate surface area is 191 Å². The molecule has 0 saturated carbocycles. The predicted octanol–water partition coefficient (Wildman–Crippen LogP) is 4.59. The fraction of sp³-hybridized carbons (Fsp3) is 0.519. The molecule has 0 aliphatic carbocycles. The van der Waals surface area contributed by atoms with E-state index >= 15 is 0 Å². The van der Waals surface area contributed by atoms with Gasteiger partial charge in [-0.05, 0) is 61.9 Å². The van der Waals surface area contributed by atoms with Gasteiger partial charge in [-0.15, -0.1) is 0 Å². The monoisotopic (exact) mass is 437 g/mol. The van der Waals surface area contributed by atoms with E-state index < -0.39 is 0 Å². The van der Waals surface area contributed by atoms with Gasteiger partial charge in [-0.3, -0.25) is 14.6 Å². The Bertz CT molecular complexity index is 885. The smallest absolute Gasteiger partial charge is 0.224 e. The molecule has 2 atom stereocenters. The molecule has 4 rings (SSSR count). The molecule has 0 bridgehead atoms. The van der Waals surface area contributed by atoms with E-state index in [1.807, 2.05) is 12.1 Å². The summed E-state index contributed by atoms with van der Waals surface area (Å²) in [6.45, 7) is 8.45. The zero-order valence-corrected chi connectivity index (χ0v) is 19.2. The lowest BCUT2D eigenvalue weighted by Crippen LogP contribution is -2.42. The Kier molecular flexibility index (Phi) is 7.93. The molecular formula is C27H36FN3O. The largest absolute Gasteiger partial charge is 0.352 e. The summed E-state index contributed by atoms with van der Waals surface area (Å²) in [7, 11) is 0. The third-order valence-corrected chi connectivity index (χ3v) is 6.87. The number of halogens is 1. The molecule has 0 spiro atoms. The van der Waals surface area contributed by atoms with E-state index in [9.17, 15) is 9.18 Å². The summed E-state index contributed by atoms with van der Waals surface area (Å²) >= 11 is 0. The molecule has 5 heteroatoms. The highest BCUT2D eigenvalue weighted by Crippen LogP contribution is 2.21. The minimum Gasteiger partial charge on any atom is -0.352 e. The van der Waals surface area contributed by atoms with Gasteiger partial charge in [0.25, 0.3) is 0 Å². The Balaban J connectivity index is 1.23. The zero-order chi connectivity index (χ0) is 22.3. The van der Waals surface area contributed by atoms with Gasteiger partial charge in [0, 0.05) is 38.3 Å². The lowest BCUT2D eigenvalue weighted by atomic mass is 9.96. The van der Waals surface area contributed by atoms with Crippen LogP contribution in [-0.2, 0) is 24.4 Å². The van der Waals surface area contributed by atoms with E-state index in [0.717, 1.165) is 37.4 Å². The van der Waals surface area contributed by atoms with Crippen molar-refractivity contribution in [1.29, 1.82) is 0 Å². The van der Waals surface area contributed by atoms with Crippen molar-refractivity contribution in [3.63, 3.8) is 0 Å². The van der Waals surface area contributed by atoms with Gasteiger partial charge in [-0.1, -0.05) is 49.4 Å². The van der Waals surface area contributed by atoms with Crippen LogP contribution in [-0.4, -0.2) is 41.9 Å². The van der Waals surface area contributed by atoms with Crippen LogP contribution in [0.1, 0.15) is 49.3 Å². The second-order valence-corrected chi connectivity index (χ2v) is 9.68. The third kappa shape index (κ3) is 6.39. The minimum atomic E-state index is -0.169. The van der Waals surface area contributed by atoms with Crippen molar-refractivity contribution in [2.45, 2.75) is 52.2 Å². The predicted molar refractivity (Wildman–Crippen MR) is 126 cm³/mol. The molecule has 172 valence electrons. The molecule has 2 aliphatic rings. The number of hydrogen-bond donors (Lipinski definition) is 1. The summed E-state index contributed by atoms with van der Waals surface area (Å²) in [6.07, 6.45) is 4.50. The lowest BCUT2D eigenvalue weighted by molar-refractivity contribution is -0.126. The van der Waals surface area contributed by atoms with Crippen LogP contribution in [0.25, 0.3) is 0 Å². The maximum Gasteiger partial charge on any atom is 0.224 e. The van der Waals surface area contributed by atoms with Gasteiger partial charge in [0.2, 0.25) is 5.91 Å². The number of carbonyl (C=O) groups excluding carboxylic acids is 1. The Morgan fingerprint density at radius 3 is 2.38 bits per heavy atom. The summed E-state index contributed by atoms with van der Waals surface area (Å²) in [4.78, 5) is 17.5. The highest BCUT2D eigenvalue weighted by Gasteiger charge is 2.26. The molecule has 2 heterocycles. The first-order chi connectivity index (χ1) is 15.6. The lowest BCUT2D eigenvalue weighted by Gasteiger charge is -2.32. The highest BCUT2D eigenvalue weighted by molar-refractivity contribution is 5.79. The van der Waals surface area contributed by atoms with E-state index in [4.69, 9.17) is 0 Å². The van der Waals surface area contributed by atoms with Crippen LogP contribution in [0, 0.1) is 17.7 Å². The Morgan fingerprint density at radius 2 is 1.62 bits per heavy atom. The number of piperidine rings is 2. The van der Waals surface area contributed by atoms with Crippen molar-refractivity contribution in [3.8, 4) is 0 Å². The molecule has 4 nitrogen and oxygen atoms in total. The molecular weight excluding hydrogens is 401 g/mol. The number of benzene rings is 2. The molecule has 2 aromatic carbocycles. The highest BCUT2D eigenvalue weighted by atomic mass is 19.1. The van der Waals surface area contributed by atoms with Gasteiger partial charge in [0.05, 0.1) is 5.92 Å². The van der Waals surface area contributed by atoms with E-state index in [1.165, 1.54) is 37.6 Å². The van der Waals surface area contributed by atoms with E-state index in [2.05, 4.69) is 46.3 Å². The molecule has 32 heavy (non-hydrogen) atoms. The van der Waals surface area contributed by atoms with Crippen molar-refractivity contribution >= 4 is 5.91 Å². The van der Waals surface area contributed by atoms with Gasteiger partial charge < -0.3 is 5.32 Å². The van der Waals surface area contributed by atoms with Crippen LogP contribution in [0.5, 0.6) is 0 Å². The van der Waals surface area contributed by atoms with Gasteiger partial charge in [-0.25, -0.2) is 4.39 Å². The average molecular weight is 438 g/mol. The summed E-state index contributed by atoms with van der Waals surface area (Å²) in [5.74, 6) is 0.698. The number of carbonyl (C=O) groups is 1. The zero-order valence-electron chi connectivity index (χ0n) is 19.2. The summed E-state index contributed by atoms with van der Waals surface area (Å²) < 4.78 is 14.0. The summed E-state index contributed by atoms with van der Waals surface area (Å²) in [6, 6.07) is 15.6. The van der Waals surface area contributed by atoms with Crippen molar-refractivity contribution in [2.24, 2.45) is 11.8 Å². The fourth-order valence-electron chi connectivity index (χ4n) is 5.07. The molecule has 2 fully saturated rings. The van der Waals surface area contributed by atoms with Crippen LogP contribution < -0.4 is 5.32 Å². The maximum atomic E-state index is 14.0. The number of rotatable bonds is 7. The molecule has 2 aromatic rings. The topological polar surface area (TPSA) is 35.6 Å². The van der Waals surface area contributed by atoms with E-state index in [1.54, 1.807) is 6.07 Å². The number of nitrogens with zero attached hydrogens (tertiary/aromatic N) is 2. The van der Waals surface area contributed by atoms with Crippen molar-refractivity contribution in [2.75, 3.05) is 26.2 Å².